The zero-order chi connectivity index (χ0) is 15.8. The third-order valence-electron chi connectivity index (χ3n) is 5.06. The molecule has 0 N–H and O–H groups in total. The molecule has 4 nitrogen and oxygen atoms in total. The summed E-state index contributed by atoms with van der Waals surface area (Å²) in [5.41, 5.74) is 1.14. The molecule has 2 heterocycles. The highest BCUT2D eigenvalue weighted by atomic mass is 32.1. The van der Waals surface area contributed by atoms with E-state index in [1.807, 2.05) is 17.0 Å². The minimum Gasteiger partial charge on any atom is -0.379 e. The van der Waals surface area contributed by atoms with E-state index >= 15 is 0 Å². The van der Waals surface area contributed by atoms with Crippen LogP contribution in [0, 0.1) is 0 Å². The average Bonchev–Trinajstić information content (AvgIpc) is 3.18. The minimum atomic E-state index is 0.0388. The molecule has 122 valence electrons. The van der Waals surface area contributed by atoms with Crippen molar-refractivity contribution in [1.82, 2.24) is 4.90 Å². The van der Waals surface area contributed by atoms with Crippen molar-refractivity contribution in [3.8, 4) is 0 Å². The van der Waals surface area contributed by atoms with Crippen molar-refractivity contribution in [3.63, 3.8) is 0 Å². The van der Waals surface area contributed by atoms with Crippen LogP contribution < -0.4 is 0 Å². The van der Waals surface area contributed by atoms with E-state index < -0.39 is 0 Å². The van der Waals surface area contributed by atoms with Gasteiger partial charge in [0.2, 0.25) is 5.91 Å². The molecular formula is C18H21NO3S. The van der Waals surface area contributed by atoms with Gasteiger partial charge in [0.1, 0.15) is 6.10 Å². The number of hydrogen-bond donors (Lipinski definition) is 0. The summed E-state index contributed by atoms with van der Waals surface area (Å²) in [6, 6.07) is 8.46. The molecule has 3 atom stereocenters. The van der Waals surface area contributed by atoms with E-state index in [1.165, 1.54) is 10.1 Å². The maximum Gasteiger partial charge on any atom is 0.227 e. The highest BCUT2D eigenvalue weighted by Crippen LogP contribution is 2.33. The number of methoxy groups -OCH3 is 1. The summed E-state index contributed by atoms with van der Waals surface area (Å²) in [6.07, 6.45) is 2.58. The smallest absolute Gasteiger partial charge is 0.227 e. The highest BCUT2D eigenvalue weighted by molar-refractivity contribution is 7.17. The number of ether oxygens (including phenoxy) is 2. The van der Waals surface area contributed by atoms with Crippen LogP contribution in [0.5, 0.6) is 0 Å². The van der Waals surface area contributed by atoms with Gasteiger partial charge >= 0.3 is 0 Å². The normalized spacial score (nSPS) is 27.3. The van der Waals surface area contributed by atoms with Gasteiger partial charge in [-0.15, -0.1) is 11.3 Å². The van der Waals surface area contributed by atoms with Crippen LogP contribution in [0.3, 0.4) is 0 Å². The number of benzene rings is 1. The third-order valence-corrected chi connectivity index (χ3v) is 6.07. The first-order valence-electron chi connectivity index (χ1n) is 8.17. The van der Waals surface area contributed by atoms with Gasteiger partial charge in [0.05, 0.1) is 25.2 Å². The number of carbonyl (C=O) groups is 1. The van der Waals surface area contributed by atoms with E-state index in [-0.39, 0.29) is 24.2 Å². The van der Waals surface area contributed by atoms with Gasteiger partial charge in [-0.05, 0) is 35.2 Å². The van der Waals surface area contributed by atoms with E-state index in [1.54, 1.807) is 18.4 Å². The summed E-state index contributed by atoms with van der Waals surface area (Å²) in [5.74, 6) is 0.212. The topological polar surface area (TPSA) is 38.8 Å². The fourth-order valence-electron chi connectivity index (χ4n) is 3.91. The van der Waals surface area contributed by atoms with Crippen molar-refractivity contribution in [2.24, 2.45) is 0 Å². The monoisotopic (exact) mass is 331 g/mol. The predicted octanol–water partition coefficient (Wildman–Crippen LogP) is 2.85. The second-order valence-corrected chi connectivity index (χ2v) is 7.19. The van der Waals surface area contributed by atoms with Crippen LogP contribution >= 0.6 is 11.3 Å². The number of rotatable bonds is 3. The second kappa shape index (κ2) is 6.23. The molecule has 1 saturated heterocycles. The quantitative estimate of drug-likeness (QED) is 0.868. The predicted molar refractivity (Wildman–Crippen MR) is 90.8 cm³/mol. The average molecular weight is 331 g/mol. The highest BCUT2D eigenvalue weighted by Gasteiger charge is 2.44. The number of morpholine rings is 1. The molecule has 0 spiro atoms. The number of carbonyl (C=O) groups excluding carboxylic acids is 1. The van der Waals surface area contributed by atoms with Gasteiger partial charge in [-0.3, -0.25) is 4.79 Å². The Balaban J connectivity index is 1.52. The lowest BCUT2D eigenvalue weighted by Crippen LogP contribution is -2.54. The van der Waals surface area contributed by atoms with Crippen LogP contribution in [0.2, 0.25) is 0 Å². The van der Waals surface area contributed by atoms with Crippen LogP contribution in [-0.4, -0.2) is 49.3 Å². The lowest BCUT2D eigenvalue weighted by molar-refractivity contribution is -0.149. The Hall–Kier alpha value is -1.43. The standard InChI is InChI=1S/C18H21NO3S/c1-21-15-7-6-14-18(15)22-9-8-19(14)17(20)10-12-11-23-16-5-3-2-4-13(12)16/h2-5,11,14-15,18H,6-10H2,1H3/t14-,15+,18+/m0/s1. The first-order chi connectivity index (χ1) is 11.3. The largest absolute Gasteiger partial charge is 0.379 e. The number of fused-ring (bicyclic) bond motifs is 2. The van der Waals surface area contributed by atoms with Crippen LogP contribution in [0.4, 0.5) is 0 Å². The molecule has 1 aromatic carbocycles. The van der Waals surface area contributed by atoms with E-state index in [0.29, 0.717) is 19.6 Å². The van der Waals surface area contributed by atoms with Gasteiger partial charge in [-0.25, -0.2) is 0 Å². The molecule has 1 aliphatic heterocycles. The zero-order valence-electron chi connectivity index (χ0n) is 13.2. The molecule has 0 unspecified atom stereocenters. The molecule has 23 heavy (non-hydrogen) atoms. The summed E-state index contributed by atoms with van der Waals surface area (Å²) in [6.45, 7) is 1.30. The molecule has 4 rings (SSSR count). The van der Waals surface area contributed by atoms with Gasteiger partial charge in [0.15, 0.2) is 0 Å². The van der Waals surface area contributed by atoms with Crippen molar-refractivity contribution in [2.45, 2.75) is 37.5 Å². The van der Waals surface area contributed by atoms with Crippen molar-refractivity contribution < 1.29 is 14.3 Å². The Labute approximate surface area is 140 Å². The molecule has 1 aliphatic carbocycles. The van der Waals surface area contributed by atoms with Crippen LogP contribution in [0.1, 0.15) is 18.4 Å². The van der Waals surface area contributed by atoms with E-state index in [4.69, 9.17) is 9.47 Å². The van der Waals surface area contributed by atoms with Crippen molar-refractivity contribution >= 4 is 27.3 Å². The Kier molecular flexibility index (Phi) is 4.09. The summed E-state index contributed by atoms with van der Waals surface area (Å²) in [5, 5.41) is 3.32. The molecule has 1 saturated carbocycles. The fourth-order valence-corrected chi connectivity index (χ4v) is 4.87. The lowest BCUT2D eigenvalue weighted by Gasteiger charge is -2.39. The van der Waals surface area contributed by atoms with E-state index in [0.717, 1.165) is 18.4 Å². The number of nitrogens with zero attached hydrogens (tertiary/aromatic N) is 1. The summed E-state index contributed by atoms with van der Waals surface area (Å²) in [4.78, 5) is 14.9. The number of hydrogen-bond acceptors (Lipinski definition) is 4. The Morgan fingerprint density at radius 3 is 3.13 bits per heavy atom. The van der Waals surface area contributed by atoms with E-state index in [2.05, 4.69) is 17.5 Å². The van der Waals surface area contributed by atoms with Crippen molar-refractivity contribution in [2.75, 3.05) is 20.3 Å². The maximum absolute atomic E-state index is 12.9. The molecule has 2 aromatic rings. The van der Waals surface area contributed by atoms with Crippen LogP contribution in [0.15, 0.2) is 29.6 Å². The molecule has 0 bridgehead atoms. The summed E-state index contributed by atoms with van der Waals surface area (Å²) < 4.78 is 12.6. The number of thiophene rings is 1. The molecule has 5 heteroatoms. The second-order valence-electron chi connectivity index (χ2n) is 6.28. The summed E-state index contributed by atoms with van der Waals surface area (Å²) in [7, 11) is 1.73. The molecule has 2 fully saturated rings. The molecule has 1 aromatic heterocycles. The number of amides is 1. The van der Waals surface area contributed by atoms with Gasteiger partial charge in [0.25, 0.3) is 0 Å². The fraction of sp³-hybridized carbons (Fsp3) is 0.500. The van der Waals surface area contributed by atoms with Gasteiger partial charge in [0, 0.05) is 18.4 Å². The van der Waals surface area contributed by atoms with E-state index in [9.17, 15) is 4.79 Å². The van der Waals surface area contributed by atoms with Crippen molar-refractivity contribution in [1.29, 1.82) is 0 Å². The minimum absolute atomic E-state index is 0.0388. The Bertz CT molecular complexity index is 713. The Morgan fingerprint density at radius 2 is 2.26 bits per heavy atom. The molecule has 2 aliphatic rings. The Morgan fingerprint density at radius 1 is 1.39 bits per heavy atom. The van der Waals surface area contributed by atoms with Gasteiger partial charge in [-0.2, -0.15) is 0 Å². The molecule has 1 amide bonds. The summed E-state index contributed by atoms with van der Waals surface area (Å²) >= 11 is 1.71. The third kappa shape index (κ3) is 2.67. The van der Waals surface area contributed by atoms with Crippen LogP contribution in [-0.2, 0) is 20.7 Å². The maximum atomic E-state index is 12.9. The first kappa shape index (κ1) is 15.1. The lowest BCUT2D eigenvalue weighted by atomic mass is 10.1. The van der Waals surface area contributed by atoms with Crippen LogP contribution in [0.25, 0.3) is 10.1 Å². The SMILES string of the molecule is CO[C@@H]1CC[C@H]2[C@H]1OCCN2C(=O)Cc1csc2ccccc12. The van der Waals surface area contributed by atoms with Crippen molar-refractivity contribution in [3.05, 3.63) is 35.2 Å². The first-order valence-corrected chi connectivity index (χ1v) is 9.05. The van der Waals surface area contributed by atoms with Gasteiger partial charge < -0.3 is 14.4 Å². The van der Waals surface area contributed by atoms with Gasteiger partial charge in [-0.1, -0.05) is 18.2 Å². The molecular weight excluding hydrogens is 310 g/mol. The zero-order valence-corrected chi connectivity index (χ0v) is 14.1. The molecule has 0 radical (unpaired) electrons.